The first-order chi connectivity index (χ1) is 10.7. The molecule has 3 heteroatoms. The number of nitrogens with zero attached hydrogens (tertiary/aromatic N) is 1. The molecular weight excluding hydrogens is 274 g/mol. The van der Waals surface area contributed by atoms with E-state index >= 15 is 0 Å². The Balaban J connectivity index is 1.74. The molecule has 1 heterocycles. The van der Waals surface area contributed by atoms with Crippen molar-refractivity contribution in [3.05, 3.63) is 77.6 Å². The summed E-state index contributed by atoms with van der Waals surface area (Å²) >= 11 is 0. The third-order valence-electron chi connectivity index (χ3n) is 3.50. The number of pyridine rings is 1. The maximum absolute atomic E-state index is 10.3. The molecule has 0 aliphatic rings. The van der Waals surface area contributed by atoms with Crippen molar-refractivity contribution >= 4 is 5.97 Å². The number of rotatable bonds is 8. The van der Waals surface area contributed by atoms with Gasteiger partial charge in [0.2, 0.25) is 0 Å². The van der Waals surface area contributed by atoms with Gasteiger partial charge in [-0.3, -0.25) is 4.98 Å². The second kappa shape index (κ2) is 8.78. The van der Waals surface area contributed by atoms with Gasteiger partial charge in [-0.2, -0.15) is 0 Å². The Morgan fingerprint density at radius 1 is 1.05 bits per heavy atom. The molecule has 0 amide bonds. The number of aliphatic carboxylic acids is 1. The molecule has 0 aliphatic carbocycles. The highest BCUT2D eigenvalue weighted by Gasteiger charge is 1.98. The molecular formula is C19H21NO2. The number of allylic oxidation sites excluding steroid dienone is 1. The lowest BCUT2D eigenvalue weighted by atomic mass is 10.0. The largest absolute Gasteiger partial charge is 0.478 e. The first-order valence-electron chi connectivity index (χ1n) is 7.60. The summed E-state index contributed by atoms with van der Waals surface area (Å²) in [4.78, 5) is 14.5. The lowest BCUT2D eigenvalue weighted by Crippen LogP contribution is -1.91. The summed E-state index contributed by atoms with van der Waals surface area (Å²) in [7, 11) is 0. The highest BCUT2D eigenvalue weighted by atomic mass is 16.4. The molecule has 114 valence electrons. The van der Waals surface area contributed by atoms with E-state index in [-0.39, 0.29) is 0 Å². The van der Waals surface area contributed by atoms with E-state index in [1.54, 1.807) is 12.3 Å². The van der Waals surface area contributed by atoms with E-state index in [0.717, 1.165) is 32.1 Å². The quantitative estimate of drug-likeness (QED) is 0.591. The Labute approximate surface area is 131 Å². The van der Waals surface area contributed by atoms with Crippen LogP contribution >= 0.6 is 0 Å². The number of unbranched alkanes of at least 4 members (excludes halogenated alkanes) is 2. The number of carboxylic acid groups (broad SMARTS) is 1. The van der Waals surface area contributed by atoms with Crippen molar-refractivity contribution in [1.29, 1.82) is 0 Å². The van der Waals surface area contributed by atoms with Crippen molar-refractivity contribution < 1.29 is 9.90 Å². The van der Waals surface area contributed by atoms with Crippen LogP contribution in [0.25, 0.3) is 0 Å². The Morgan fingerprint density at radius 2 is 1.82 bits per heavy atom. The molecule has 0 unspecified atom stereocenters. The lowest BCUT2D eigenvalue weighted by Gasteiger charge is -2.04. The molecule has 0 spiro atoms. The highest BCUT2D eigenvalue weighted by molar-refractivity contribution is 5.79. The molecule has 1 aromatic carbocycles. The van der Waals surface area contributed by atoms with E-state index in [4.69, 9.17) is 5.11 Å². The topological polar surface area (TPSA) is 50.2 Å². The van der Waals surface area contributed by atoms with Crippen molar-refractivity contribution in [2.24, 2.45) is 0 Å². The molecule has 3 nitrogen and oxygen atoms in total. The van der Waals surface area contributed by atoms with Crippen LogP contribution in [-0.2, 0) is 17.6 Å². The summed E-state index contributed by atoms with van der Waals surface area (Å²) in [6.45, 7) is 0. The standard InChI is InChI=1S/C19H21NO2/c21-19(22)8-4-2-1-3-6-16-9-11-17(12-10-16)14-18-7-5-13-20-15-18/h4-5,7-13,15H,1-3,6,14H2,(H,21,22)/b8-4+. The molecule has 22 heavy (non-hydrogen) atoms. The molecule has 0 bridgehead atoms. The third-order valence-corrected chi connectivity index (χ3v) is 3.50. The highest BCUT2D eigenvalue weighted by Crippen LogP contribution is 2.12. The van der Waals surface area contributed by atoms with Crippen LogP contribution < -0.4 is 0 Å². The van der Waals surface area contributed by atoms with Gasteiger partial charge in [-0.15, -0.1) is 0 Å². The van der Waals surface area contributed by atoms with Crippen molar-refractivity contribution in [3.8, 4) is 0 Å². The van der Waals surface area contributed by atoms with Gasteiger partial charge in [-0.1, -0.05) is 36.4 Å². The van der Waals surface area contributed by atoms with Gasteiger partial charge in [0.1, 0.15) is 0 Å². The van der Waals surface area contributed by atoms with Crippen LogP contribution in [-0.4, -0.2) is 16.1 Å². The molecule has 2 aromatic rings. The fourth-order valence-electron chi connectivity index (χ4n) is 2.34. The number of carbonyl (C=O) groups is 1. The van der Waals surface area contributed by atoms with Crippen LogP contribution in [0.15, 0.2) is 60.9 Å². The lowest BCUT2D eigenvalue weighted by molar-refractivity contribution is -0.131. The summed E-state index contributed by atoms with van der Waals surface area (Å²) in [5.74, 6) is -0.871. The third kappa shape index (κ3) is 5.92. The van der Waals surface area contributed by atoms with Crippen LogP contribution in [0.1, 0.15) is 36.0 Å². The fraction of sp³-hybridized carbons (Fsp3) is 0.263. The molecule has 0 radical (unpaired) electrons. The van der Waals surface area contributed by atoms with Crippen molar-refractivity contribution in [2.75, 3.05) is 0 Å². The number of benzene rings is 1. The smallest absolute Gasteiger partial charge is 0.327 e. The SMILES string of the molecule is O=C(O)/C=C/CCCCc1ccc(Cc2cccnc2)cc1. The fourth-order valence-corrected chi connectivity index (χ4v) is 2.34. The number of aromatic nitrogens is 1. The van der Waals surface area contributed by atoms with Gasteiger partial charge in [-0.05, 0) is 54.9 Å². The predicted molar refractivity (Wildman–Crippen MR) is 87.8 cm³/mol. The molecule has 0 atom stereocenters. The first kappa shape index (κ1) is 16.0. The van der Waals surface area contributed by atoms with Crippen LogP contribution in [0.4, 0.5) is 0 Å². The van der Waals surface area contributed by atoms with E-state index in [1.807, 2.05) is 12.3 Å². The molecule has 0 fully saturated rings. The van der Waals surface area contributed by atoms with Crippen molar-refractivity contribution in [3.63, 3.8) is 0 Å². The number of aryl methyl sites for hydroxylation is 1. The minimum absolute atomic E-state index is 0.825. The summed E-state index contributed by atoms with van der Waals surface area (Å²) in [6.07, 6.45) is 11.5. The Bertz CT molecular complexity index is 603. The van der Waals surface area contributed by atoms with Crippen LogP contribution in [0, 0.1) is 0 Å². The van der Waals surface area contributed by atoms with E-state index in [0.29, 0.717) is 0 Å². The van der Waals surface area contributed by atoms with E-state index in [9.17, 15) is 4.79 Å². The average Bonchev–Trinajstić information content (AvgIpc) is 2.53. The van der Waals surface area contributed by atoms with Crippen LogP contribution in [0.2, 0.25) is 0 Å². The minimum Gasteiger partial charge on any atom is -0.478 e. The number of carboxylic acids is 1. The van der Waals surface area contributed by atoms with Gasteiger partial charge in [0, 0.05) is 18.5 Å². The first-order valence-corrected chi connectivity index (χ1v) is 7.60. The van der Waals surface area contributed by atoms with Gasteiger partial charge in [0.25, 0.3) is 0 Å². The van der Waals surface area contributed by atoms with Gasteiger partial charge in [0.15, 0.2) is 0 Å². The summed E-state index contributed by atoms with van der Waals surface area (Å²) in [5.41, 5.74) is 3.85. The normalized spacial score (nSPS) is 10.9. The number of hydrogen-bond donors (Lipinski definition) is 1. The van der Waals surface area contributed by atoms with Gasteiger partial charge >= 0.3 is 5.97 Å². The van der Waals surface area contributed by atoms with Crippen molar-refractivity contribution in [1.82, 2.24) is 4.98 Å². The number of hydrogen-bond acceptors (Lipinski definition) is 2. The van der Waals surface area contributed by atoms with Gasteiger partial charge in [0.05, 0.1) is 0 Å². The Kier molecular flexibility index (Phi) is 6.37. The van der Waals surface area contributed by atoms with Gasteiger partial charge < -0.3 is 5.11 Å². The molecule has 0 saturated carbocycles. The molecule has 1 aromatic heterocycles. The minimum atomic E-state index is -0.871. The summed E-state index contributed by atoms with van der Waals surface area (Å²) in [5, 5.41) is 8.49. The Hall–Kier alpha value is -2.42. The van der Waals surface area contributed by atoms with E-state index in [2.05, 4.69) is 35.3 Å². The summed E-state index contributed by atoms with van der Waals surface area (Å²) in [6, 6.07) is 12.8. The Morgan fingerprint density at radius 3 is 2.50 bits per heavy atom. The second-order valence-corrected chi connectivity index (χ2v) is 5.34. The van der Waals surface area contributed by atoms with E-state index < -0.39 is 5.97 Å². The maximum atomic E-state index is 10.3. The van der Waals surface area contributed by atoms with Gasteiger partial charge in [-0.25, -0.2) is 4.79 Å². The molecule has 1 N–H and O–H groups in total. The molecule has 0 saturated heterocycles. The summed E-state index contributed by atoms with van der Waals surface area (Å²) < 4.78 is 0. The zero-order chi connectivity index (χ0) is 15.6. The zero-order valence-corrected chi connectivity index (χ0v) is 12.6. The molecule has 0 aliphatic heterocycles. The maximum Gasteiger partial charge on any atom is 0.327 e. The van der Waals surface area contributed by atoms with E-state index in [1.165, 1.54) is 22.8 Å². The van der Waals surface area contributed by atoms with Crippen LogP contribution in [0.5, 0.6) is 0 Å². The van der Waals surface area contributed by atoms with Crippen molar-refractivity contribution in [2.45, 2.75) is 32.1 Å². The van der Waals surface area contributed by atoms with Crippen LogP contribution in [0.3, 0.4) is 0 Å². The molecule has 2 rings (SSSR count). The second-order valence-electron chi connectivity index (χ2n) is 5.34. The predicted octanol–water partition coefficient (Wildman–Crippen LogP) is 4.03. The monoisotopic (exact) mass is 295 g/mol. The zero-order valence-electron chi connectivity index (χ0n) is 12.6. The average molecular weight is 295 g/mol.